The first kappa shape index (κ1) is 20.9. The summed E-state index contributed by atoms with van der Waals surface area (Å²) in [7, 11) is 1.71. The second kappa shape index (κ2) is 16.3. The van der Waals surface area contributed by atoms with Gasteiger partial charge in [-0.3, -0.25) is 0 Å². The van der Waals surface area contributed by atoms with Crippen LogP contribution in [0.15, 0.2) is 0 Å². The molecule has 1 aliphatic rings. The Labute approximate surface area is 134 Å². The van der Waals surface area contributed by atoms with Crippen molar-refractivity contribution in [2.45, 2.75) is 97.5 Å². The fourth-order valence-corrected chi connectivity index (χ4v) is 2.88. The van der Waals surface area contributed by atoms with Crippen molar-refractivity contribution in [2.24, 2.45) is 5.92 Å². The highest BCUT2D eigenvalue weighted by Crippen LogP contribution is 2.22. The minimum absolute atomic E-state index is 0.595. The molecule has 2 heteroatoms. The molecule has 1 aliphatic carbocycles. The van der Waals surface area contributed by atoms with Crippen LogP contribution in [0.5, 0.6) is 0 Å². The average molecular weight is 301 g/mol. The summed E-state index contributed by atoms with van der Waals surface area (Å²) in [5, 5.41) is 0. The van der Waals surface area contributed by atoms with Gasteiger partial charge >= 0.3 is 0 Å². The van der Waals surface area contributed by atoms with Gasteiger partial charge < -0.3 is 9.47 Å². The maximum Gasteiger partial charge on any atom is 0.0575 e. The Hall–Kier alpha value is -0.0800. The van der Waals surface area contributed by atoms with E-state index in [9.17, 15) is 0 Å². The lowest BCUT2D eigenvalue weighted by molar-refractivity contribution is 0.0205. The van der Waals surface area contributed by atoms with Gasteiger partial charge in [0.2, 0.25) is 0 Å². The van der Waals surface area contributed by atoms with Crippen molar-refractivity contribution in [2.75, 3.05) is 20.3 Å². The van der Waals surface area contributed by atoms with E-state index in [2.05, 4.69) is 20.8 Å². The van der Waals surface area contributed by atoms with Crippen molar-refractivity contribution in [3.05, 3.63) is 0 Å². The third-order valence-corrected chi connectivity index (χ3v) is 4.38. The summed E-state index contributed by atoms with van der Waals surface area (Å²) in [4.78, 5) is 0. The summed E-state index contributed by atoms with van der Waals surface area (Å²) in [6.07, 6.45) is 15.3. The lowest BCUT2D eigenvalue weighted by Gasteiger charge is -2.23. The predicted molar refractivity (Wildman–Crippen MR) is 92.9 cm³/mol. The Morgan fingerprint density at radius 3 is 2.10 bits per heavy atom. The molecule has 0 aromatic carbocycles. The highest BCUT2D eigenvalue weighted by molar-refractivity contribution is 4.65. The van der Waals surface area contributed by atoms with Crippen molar-refractivity contribution < 1.29 is 9.47 Å². The largest absolute Gasteiger partial charge is 0.385 e. The van der Waals surface area contributed by atoms with E-state index in [0.29, 0.717) is 6.10 Å². The predicted octanol–water partition coefficient (Wildman–Crippen LogP) is 5.99. The maximum absolute atomic E-state index is 6.00. The van der Waals surface area contributed by atoms with E-state index in [4.69, 9.17) is 9.47 Å². The lowest BCUT2D eigenvalue weighted by Crippen LogP contribution is -2.18. The van der Waals surface area contributed by atoms with Gasteiger partial charge in [0.25, 0.3) is 0 Å². The smallest absolute Gasteiger partial charge is 0.0575 e. The van der Waals surface area contributed by atoms with E-state index < -0.39 is 0 Å². The van der Waals surface area contributed by atoms with Crippen molar-refractivity contribution in [3.8, 4) is 0 Å². The zero-order valence-corrected chi connectivity index (χ0v) is 15.2. The first-order valence-corrected chi connectivity index (χ1v) is 9.38. The van der Waals surface area contributed by atoms with Crippen LogP contribution < -0.4 is 0 Å². The first-order chi connectivity index (χ1) is 10.3. The van der Waals surface area contributed by atoms with Crippen molar-refractivity contribution in [3.63, 3.8) is 0 Å². The molecule has 0 bridgehead atoms. The second-order valence-electron chi connectivity index (χ2n) is 6.33. The molecule has 0 amide bonds. The van der Waals surface area contributed by atoms with Crippen LogP contribution in [0, 0.1) is 5.92 Å². The molecule has 0 saturated heterocycles. The van der Waals surface area contributed by atoms with Gasteiger partial charge in [-0.1, -0.05) is 65.7 Å². The molecule has 1 saturated carbocycles. The molecule has 2 nitrogen and oxygen atoms in total. The highest BCUT2D eigenvalue weighted by atomic mass is 16.5. The Kier molecular flexibility index (Phi) is 16.2. The molecule has 1 fully saturated rings. The Morgan fingerprint density at radius 2 is 1.62 bits per heavy atom. The molecule has 1 atom stereocenters. The van der Waals surface area contributed by atoms with Gasteiger partial charge in [0.15, 0.2) is 0 Å². The van der Waals surface area contributed by atoms with Gasteiger partial charge in [0.1, 0.15) is 0 Å². The normalized spacial score (nSPS) is 17.1. The first-order valence-electron chi connectivity index (χ1n) is 9.38. The van der Waals surface area contributed by atoms with E-state index in [1.807, 2.05) is 0 Å². The lowest BCUT2D eigenvalue weighted by atomic mass is 9.95. The minimum Gasteiger partial charge on any atom is -0.385 e. The average Bonchev–Trinajstić information content (AvgIpc) is 2.53. The molecule has 0 N–H and O–H groups in total. The summed E-state index contributed by atoms with van der Waals surface area (Å²) in [5.74, 6) is 0.906. The zero-order chi connectivity index (χ0) is 15.8. The van der Waals surface area contributed by atoms with Crippen LogP contribution in [-0.2, 0) is 9.47 Å². The zero-order valence-electron chi connectivity index (χ0n) is 15.2. The van der Waals surface area contributed by atoms with Gasteiger partial charge in [-0.25, -0.2) is 0 Å². The van der Waals surface area contributed by atoms with E-state index in [-0.39, 0.29) is 0 Å². The number of hydrogen-bond acceptors (Lipinski definition) is 2. The summed E-state index contributed by atoms with van der Waals surface area (Å²) >= 11 is 0. The summed E-state index contributed by atoms with van der Waals surface area (Å²) in [5.41, 5.74) is 0. The van der Waals surface area contributed by atoms with E-state index in [0.717, 1.165) is 25.6 Å². The Balaban J connectivity index is 0.000000690. The number of methoxy groups -OCH3 is 1. The fraction of sp³-hybridized carbons (Fsp3) is 1.00. The number of unbranched alkanes of at least 4 members (excludes halogenated alkanes) is 1. The second-order valence-corrected chi connectivity index (χ2v) is 6.33. The summed E-state index contributed by atoms with van der Waals surface area (Å²) < 4.78 is 10.7. The molecule has 1 unspecified atom stereocenters. The van der Waals surface area contributed by atoms with Gasteiger partial charge in [-0.05, 0) is 31.6 Å². The third kappa shape index (κ3) is 13.3. The number of hydrogen-bond donors (Lipinski definition) is 0. The molecule has 0 spiro atoms. The SMILES string of the molecule is CCCCC(CC)CCOC1CCCCC1.CCCOC. The van der Waals surface area contributed by atoms with Crippen LogP contribution in [0.3, 0.4) is 0 Å². The van der Waals surface area contributed by atoms with Gasteiger partial charge in [0.05, 0.1) is 6.10 Å². The third-order valence-electron chi connectivity index (χ3n) is 4.38. The molecule has 0 aliphatic heterocycles. The minimum atomic E-state index is 0.595. The van der Waals surface area contributed by atoms with Crippen molar-refractivity contribution in [1.82, 2.24) is 0 Å². The Morgan fingerprint density at radius 1 is 0.905 bits per heavy atom. The van der Waals surface area contributed by atoms with Crippen LogP contribution >= 0.6 is 0 Å². The molecule has 21 heavy (non-hydrogen) atoms. The molecule has 1 rings (SSSR count). The van der Waals surface area contributed by atoms with Crippen molar-refractivity contribution in [1.29, 1.82) is 0 Å². The van der Waals surface area contributed by atoms with E-state index in [1.165, 1.54) is 64.2 Å². The topological polar surface area (TPSA) is 18.5 Å². The molecule has 128 valence electrons. The molecule has 0 heterocycles. The molecular weight excluding hydrogens is 260 g/mol. The van der Waals surface area contributed by atoms with Crippen LogP contribution in [-0.4, -0.2) is 26.4 Å². The van der Waals surface area contributed by atoms with Crippen molar-refractivity contribution >= 4 is 0 Å². The van der Waals surface area contributed by atoms with Crippen LogP contribution in [0.25, 0.3) is 0 Å². The van der Waals surface area contributed by atoms with Gasteiger partial charge in [-0.2, -0.15) is 0 Å². The summed E-state index contributed by atoms with van der Waals surface area (Å²) in [6, 6.07) is 0. The van der Waals surface area contributed by atoms with Crippen LogP contribution in [0.4, 0.5) is 0 Å². The van der Waals surface area contributed by atoms with Gasteiger partial charge in [0, 0.05) is 20.3 Å². The number of ether oxygens (including phenoxy) is 2. The summed E-state index contributed by atoms with van der Waals surface area (Å²) in [6.45, 7) is 8.59. The maximum atomic E-state index is 6.00. The van der Waals surface area contributed by atoms with Gasteiger partial charge in [-0.15, -0.1) is 0 Å². The molecule has 0 radical (unpaired) electrons. The Bertz CT molecular complexity index is 186. The quantitative estimate of drug-likeness (QED) is 0.493. The molecular formula is C19H40O2. The van der Waals surface area contributed by atoms with E-state index >= 15 is 0 Å². The number of rotatable bonds is 10. The molecule has 0 aromatic heterocycles. The molecule has 0 aromatic rings. The standard InChI is InChI=1S/C15H30O.C4H10O/c1-3-5-9-14(4-2)12-13-16-15-10-7-6-8-11-15;1-3-4-5-2/h14-15H,3-13H2,1-2H3;3-4H2,1-2H3. The monoisotopic (exact) mass is 300 g/mol. The highest BCUT2D eigenvalue weighted by Gasteiger charge is 2.14. The fourth-order valence-electron chi connectivity index (χ4n) is 2.88. The van der Waals surface area contributed by atoms with E-state index in [1.54, 1.807) is 7.11 Å². The van der Waals surface area contributed by atoms with Crippen LogP contribution in [0.1, 0.15) is 91.4 Å². The van der Waals surface area contributed by atoms with Crippen LogP contribution in [0.2, 0.25) is 0 Å².